The number of likely N-dealkylation sites (tertiary alicyclic amines) is 1. The highest BCUT2D eigenvalue weighted by atomic mass is 32.1. The molecular weight excluding hydrogens is 510 g/mol. The summed E-state index contributed by atoms with van der Waals surface area (Å²) in [6.45, 7) is 2.78. The number of hydrogen-bond donors (Lipinski definition) is 3. The SMILES string of the molecule is O=C(c1ccccc1)c1ccc2nc(NC(=O)c3csc(C4CCN(Cc5ccc(O)cc5)CC4)n3)[nH]c2c1. The van der Waals surface area contributed by atoms with E-state index in [0.717, 1.165) is 37.5 Å². The van der Waals surface area contributed by atoms with Gasteiger partial charge in [-0.05, 0) is 61.8 Å². The van der Waals surface area contributed by atoms with Gasteiger partial charge in [0.1, 0.15) is 11.4 Å². The van der Waals surface area contributed by atoms with Crippen molar-refractivity contribution in [3.8, 4) is 5.75 Å². The molecule has 0 radical (unpaired) electrons. The molecule has 3 heterocycles. The fourth-order valence-electron chi connectivity index (χ4n) is 4.91. The van der Waals surface area contributed by atoms with Gasteiger partial charge in [-0.2, -0.15) is 0 Å². The molecule has 0 unspecified atom stereocenters. The second-order valence-corrected chi connectivity index (χ2v) is 10.6. The summed E-state index contributed by atoms with van der Waals surface area (Å²) in [5.74, 6) is 0.544. The number of nitrogens with zero attached hydrogens (tertiary/aromatic N) is 3. The quantitative estimate of drug-likeness (QED) is 0.234. The molecule has 196 valence electrons. The molecule has 1 amide bonds. The largest absolute Gasteiger partial charge is 0.508 e. The molecule has 1 aliphatic heterocycles. The van der Waals surface area contributed by atoms with Crippen LogP contribution >= 0.6 is 11.3 Å². The van der Waals surface area contributed by atoms with Gasteiger partial charge in [-0.1, -0.05) is 42.5 Å². The summed E-state index contributed by atoms with van der Waals surface area (Å²) < 4.78 is 0. The van der Waals surface area contributed by atoms with Gasteiger partial charge in [0.05, 0.1) is 16.0 Å². The van der Waals surface area contributed by atoms with E-state index in [1.165, 1.54) is 16.9 Å². The minimum atomic E-state index is -0.318. The van der Waals surface area contributed by atoms with Crippen LogP contribution in [-0.4, -0.2) is 49.7 Å². The molecule has 0 bridgehead atoms. The fourth-order valence-corrected chi connectivity index (χ4v) is 5.89. The van der Waals surface area contributed by atoms with Crippen LogP contribution in [0.4, 0.5) is 5.95 Å². The van der Waals surface area contributed by atoms with E-state index in [1.54, 1.807) is 47.8 Å². The standard InChI is InChI=1S/C30H27N5O3S/c36-23-9-6-19(7-10-23)17-35-14-12-21(13-15-35)29-31-26(18-39-29)28(38)34-30-32-24-11-8-22(16-25(24)33-30)27(37)20-4-2-1-3-5-20/h1-11,16,18,21,36H,12-15,17H2,(H2,32,33,34,38). The highest BCUT2D eigenvalue weighted by Crippen LogP contribution is 2.31. The van der Waals surface area contributed by atoms with Gasteiger partial charge in [0, 0.05) is 29.0 Å². The third-order valence-electron chi connectivity index (χ3n) is 7.05. The lowest BCUT2D eigenvalue weighted by Gasteiger charge is -2.31. The molecule has 3 N–H and O–H groups in total. The van der Waals surface area contributed by atoms with Crippen molar-refractivity contribution in [2.45, 2.75) is 25.3 Å². The summed E-state index contributed by atoms with van der Waals surface area (Å²) in [5, 5.41) is 15.1. The summed E-state index contributed by atoms with van der Waals surface area (Å²) >= 11 is 1.52. The number of carbonyl (C=O) groups excluding carboxylic acids is 2. The average Bonchev–Trinajstić information content (AvgIpc) is 3.62. The number of amides is 1. The van der Waals surface area contributed by atoms with E-state index in [9.17, 15) is 14.7 Å². The first-order chi connectivity index (χ1) is 19.0. The van der Waals surface area contributed by atoms with Crippen molar-refractivity contribution in [3.05, 3.63) is 106 Å². The molecule has 5 aromatic rings. The Kier molecular flexibility index (Phi) is 6.91. The van der Waals surface area contributed by atoms with Crippen molar-refractivity contribution < 1.29 is 14.7 Å². The summed E-state index contributed by atoms with van der Waals surface area (Å²) in [6, 6.07) is 21.7. The lowest BCUT2D eigenvalue weighted by Crippen LogP contribution is -2.32. The van der Waals surface area contributed by atoms with Gasteiger partial charge in [-0.25, -0.2) is 9.97 Å². The number of hydrogen-bond acceptors (Lipinski definition) is 7. The van der Waals surface area contributed by atoms with Crippen molar-refractivity contribution in [1.29, 1.82) is 0 Å². The van der Waals surface area contributed by atoms with Crippen LogP contribution in [0.2, 0.25) is 0 Å². The van der Waals surface area contributed by atoms with Crippen molar-refractivity contribution >= 4 is 40.0 Å². The second kappa shape index (κ2) is 10.8. The number of phenolic OH excluding ortho intramolecular Hbond substituents is 1. The van der Waals surface area contributed by atoms with Crippen LogP contribution in [-0.2, 0) is 6.54 Å². The summed E-state index contributed by atoms with van der Waals surface area (Å²) in [5.41, 5.74) is 4.06. The van der Waals surface area contributed by atoms with Crippen LogP contribution in [0.15, 0.2) is 78.2 Å². The molecule has 0 saturated carbocycles. The van der Waals surface area contributed by atoms with Gasteiger partial charge in [0.2, 0.25) is 5.95 Å². The smallest absolute Gasteiger partial charge is 0.277 e. The van der Waals surface area contributed by atoms with Crippen LogP contribution in [0.1, 0.15) is 55.7 Å². The van der Waals surface area contributed by atoms with E-state index in [1.807, 2.05) is 30.3 Å². The molecule has 39 heavy (non-hydrogen) atoms. The van der Waals surface area contributed by atoms with Gasteiger partial charge in [0.25, 0.3) is 5.91 Å². The fraction of sp³-hybridized carbons (Fsp3) is 0.200. The number of thiazole rings is 1. The Labute approximate surface area is 229 Å². The Morgan fingerprint density at radius 2 is 1.74 bits per heavy atom. The van der Waals surface area contributed by atoms with Gasteiger partial charge >= 0.3 is 0 Å². The maximum absolute atomic E-state index is 12.9. The normalized spacial score (nSPS) is 14.5. The summed E-state index contributed by atoms with van der Waals surface area (Å²) in [6.07, 6.45) is 1.97. The molecular formula is C30H27N5O3S. The molecule has 1 fully saturated rings. The van der Waals surface area contributed by atoms with Gasteiger partial charge in [-0.15, -0.1) is 11.3 Å². The van der Waals surface area contributed by atoms with Crippen LogP contribution in [0.3, 0.4) is 0 Å². The molecule has 3 aromatic carbocycles. The molecule has 1 aliphatic rings. The molecule has 9 heteroatoms. The zero-order valence-corrected chi connectivity index (χ0v) is 21.9. The number of carbonyl (C=O) groups is 2. The number of benzene rings is 3. The number of nitrogens with one attached hydrogen (secondary N) is 2. The Bertz CT molecular complexity index is 1620. The summed E-state index contributed by atoms with van der Waals surface area (Å²) in [7, 11) is 0. The molecule has 0 spiro atoms. The summed E-state index contributed by atoms with van der Waals surface area (Å²) in [4.78, 5) is 40.3. The Balaban J connectivity index is 1.07. The minimum absolute atomic E-state index is 0.0705. The van der Waals surface area contributed by atoms with Crippen molar-refractivity contribution in [1.82, 2.24) is 19.9 Å². The number of imidazole rings is 1. The number of fused-ring (bicyclic) bond motifs is 1. The highest BCUT2D eigenvalue weighted by Gasteiger charge is 2.24. The van der Waals surface area contributed by atoms with Crippen LogP contribution < -0.4 is 5.32 Å². The number of rotatable bonds is 7. The van der Waals surface area contributed by atoms with Crippen LogP contribution in [0.5, 0.6) is 5.75 Å². The third kappa shape index (κ3) is 5.59. The number of anilines is 1. The molecule has 1 saturated heterocycles. The number of phenols is 1. The van der Waals surface area contributed by atoms with Crippen molar-refractivity contribution in [2.24, 2.45) is 0 Å². The van der Waals surface area contributed by atoms with Crippen molar-refractivity contribution in [2.75, 3.05) is 18.4 Å². The number of aromatic nitrogens is 3. The van der Waals surface area contributed by atoms with E-state index in [-0.39, 0.29) is 17.4 Å². The Morgan fingerprint density at radius 1 is 0.974 bits per heavy atom. The average molecular weight is 538 g/mol. The first kappa shape index (κ1) is 25.0. The Hall–Kier alpha value is -4.34. The zero-order chi connectivity index (χ0) is 26.8. The number of aromatic hydroxyl groups is 1. The molecule has 8 nitrogen and oxygen atoms in total. The second-order valence-electron chi connectivity index (χ2n) is 9.75. The van der Waals surface area contributed by atoms with E-state index < -0.39 is 0 Å². The molecule has 0 atom stereocenters. The Morgan fingerprint density at radius 3 is 2.51 bits per heavy atom. The first-order valence-corrected chi connectivity index (χ1v) is 13.8. The van der Waals surface area contributed by atoms with Gasteiger partial charge in [0.15, 0.2) is 5.78 Å². The lowest BCUT2D eigenvalue weighted by atomic mass is 9.97. The third-order valence-corrected chi connectivity index (χ3v) is 8.05. The zero-order valence-electron chi connectivity index (χ0n) is 21.1. The monoisotopic (exact) mass is 537 g/mol. The maximum atomic E-state index is 12.9. The topological polar surface area (TPSA) is 111 Å². The highest BCUT2D eigenvalue weighted by molar-refractivity contribution is 7.10. The lowest BCUT2D eigenvalue weighted by molar-refractivity contribution is 0.101. The minimum Gasteiger partial charge on any atom is -0.508 e. The number of piperidine rings is 1. The van der Waals surface area contributed by atoms with E-state index in [2.05, 4.69) is 25.2 Å². The molecule has 6 rings (SSSR count). The molecule has 2 aromatic heterocycles. The molecule has 0 aliphatic carbocycles. The number of ketones is 1. The number of H-pyrrole nitrogens is 1. The van der Waals surface area contributed by atoms with Crippen molar-refractivity contribution in [3.63, 3.8) is 0 Å². The van der Waals surface area contributed by atoms with Crippen LogP contribution in [0.25, 0.3) is 11.0 Å². The number of aromatic amines is 1. The predicted molar refractivity (Wildman–Crippen MR) is 151 cm³/mol. The predicted octanol–water partition coefficient (Wildman–Crippen LogP) is 5.59. The maximum Gasteiger partial charge on any atom is 0.277 e. The van der Waals surface area contributed by atoms with E-state index in [0.29, 0.717) is 39.7 Å². The van der Waals surface area contributed by atoms with E-state index in [4.69, 9.17) is 0 Å². The van der Waals surface area contributed by atoms with Gasteiger partial charge < -0.3 is 10.1 Å². The van der Waals surface area contributed by atoms with Gasteiger partial charge in [-0.3, -0.25) is 19.8 Å². The van der Waals surface area contributed by atoms with Crippen LogP contribution in [0, 0.1) is 0 Å². The van der Waals surface area contributed by atoms with E-state index >= 15 is 0 Å². The first-order valence-electron chi connectivity index (χ1n) is 12.9.